The van der Waals surface area contributed by atoms with Gasteiger partial charge in [-0.3, -0.25) is 0 Å². The summed E-state index contributed by atoms with van der Waals surface area (Å²) in [6.07, 6.45) is 0.720. The molecule has 5 heteroatoms. The van der Waals surface area contributed by atoms with E-state index in [0.29, 0.717) is 13.0 Å². The van der Waals surface area contributed by atoms with Gasteiger partial charge in [0.25, 0.3) is 0 Å². The van der Waals surface area contributed by atoms with E-state index in [4.69, 9.17) is 9.47 Å². The van der Waals surface area contributed by atoms with Gasteiger partial charge in [0.15, 0.2) is 0 Å². The van der Waals surface area contributed by atoms with Crippen LogP contribution in [0.5, 0.6) is 11.5 Å². The van der Waals surface area contributed by atoms with Crippen LogP contribution in [0.3, 0.4) is 0 Å². The molecule has 2 aromatic rings. The molecule has 0 bridgehead atoms. The lowest BCUT2D eigenvalue weighted by Gasteiger charge is -2.14. The van der Waals surface area contributed by atoms with Crippen molar-refractivity contribution in [2.24, 2.45) is 0 Å². The van der Waals surface area contributed by atoms with E-state index in [2.05, 4.69) is 21.2 Å². The highest BCUT2D eigenvalue weighted by atomic mass is 79.9. The quantitative estimate of drug-likeness (QED) is 0.902. The minimum Gasteiger partial charge on any atom is -0.497 e. The van der Waals surface area contributed by atoms with Crippen LogP contribution in [0.4, 0.5) is 10.1 Å². The number of halogens is 2. The van der Waals surface area contributed by atoms with Gasteiger partial charge in [-0.15, -0.1) is 0 Å². The first-order chi connectivity index (χ1) is 10.1. The highest BCUT2D eigenvalue weighted by molar-refractivity contribution is 9.10. The number of hydrogen-bond acceptors (Lipinski definition) is 3. The molecule has 1 atom stereocenters. The summed E-state index contributed by atoms with van der Waals surface area (Å²) in [6, 6.07) is 10.4. The summed E-state index contributed by atoms with van der Waals surface area (Å²) in [5, 5.41) is 3.32. The van der Waals surface area contributed by atoms with Gasteiger partial charge in [0, 0.05) is 28.2 Å². The van der Waals surface area contributed by atoms with E-state index >= 15 is 0 Å². The minimum atomic E-state index is -0.220. The van der Waals surface area contributed by atoms with E-state index in [1.807, 2.05) is 18.2 Å². The van der Waals surface area contributed by atoms with Crippen LogP contribution in [0.1, 0.15) is 5.56 Å². The minimum absolute atomic E-state index is 0.00627. The van der Waals surface area contributed by atoms with E-state index in [1.54, 1.807) is 13.2 Å². The molecule has 1 unspecified atom stereocenters. The van der Waals surface area contributed by atoms with Crippen LogP contribution >= 0.6 is 15.9 Å². The van der Waals surface area contributed by atoms with E-state index in [1.165, 1.54) is 12.1 Å². The number of methoxy groups -OCH3 is 1. The number of hydrogen-bond donors (Lipinski definition) is 1. The number of ether oxygens (including phenoxy) is 2. The Kier molecular flexibility index (Phi) is 4.01. The maximum absolute atomic E-state index is 13.2. The lowest BCUT2D eigenvalue weighted by molar-refractivity contribution is 0.246. The fourth-order valence-corrected chi connectivity index (χ4v) is 2.89. The molecular weight excluding hydrogens is 337 g/mol. The molecule has 0 aliphatic carbocycles. The normalized spacial score (nSPS) is 16.2. The van der Waals surface area contributed by atoms with E-state index < -0.39 is 0 Å². The number of rotatable bonds is 4. The summed E-state index contributed by atoms with van der Waals surface area (Å²) in [5.41, 5.74) is 1.88. The molecule has 0 fully saturated rings. The largest absolute Gasteiger partial charge is 0.497 e. The maximum Gasteiger partial charge on any atom is 0.123 e. The number of benzene rings is 2. The Bertz CT molecular complexity index is 663. The molecule has 110 valence electrons. The van der Waals surface area contributed by atoms with Crippen LogP contribution in [0.15, 0.2) is 40.9 Å². The molecule has 0 amide bonds. The lowest BCUT2D eigenvalue weighted by atomic mass is 10.1. The standard InChI is InChI=1S/C16H15BrFNO2/c1-20-14-7-11(17)6-13(8-14)19-9-15-5-10-4-12(18)2-3-16(10)21-15/h2-4,6-8,15,19H,5,9H2,1H3. The van der Waals surface area contributed by atoms with Crippen molar-refractivity contribution in [1.82, 2.24) is 0 Å². The summed E-state index contributed by atoms with van der Waals surface area (Å²) in [4.78, 5) is 0. The monoisotopic (exact) mass is 351 g/mol. The molecule has 1 aliphatic heterocycles. The Morgan fingerprint density at radius 3 is 3.00 bits per heavy atom. The zero-order valence-electron chi connectivity index (χ0n) is 11.5. The summed E-state index contributed by atoms with van der Waals surface area (Å²) in [6.45, 7) is 0.649. The van der Waals surface area contributed by atoms with E-state index in [9.17, 15) is 4.39 Å². The van der Waals surface area contributed by atoms with Gasteiger partial charge in [-0.05, 0) is 30.3 Å². The van der Waals surface area contributed by atoms with Crippen molar-refractivity contribution in [1.29, 1.82) is 0 Å². The maximum atomic E-state index is 13.2. The molecule has 0 spiro atoms. The number of fused-ring (bicyclic) bond motifs is 1. The molecule has 21 heavy (non-hydrogen) atoms. The summed E-state index contributed by atoms with van der Waals surface area (Å²) in [5.74, 6) is 1.34. The van der Waals surface area contributed by atoms with Crippen LogP contribution in [0.2, 0.25) is 0 Å². The molecule has 0 aromatic heterocycles. The van der Waals surface area contributed by atoms with Gasteiger partial charge in [0.2, 0.25) is 0 Å². The van der Waals surface area contributed by atoms with Crippen LogP contribution in [0.25, 0.3) is 0 Å². The fourth-order valence-electron chi connectivity index (χ4n) is 2.42. The van der Waals surface area contributed by atoms with E-state index in [-0.39, 0.29) is 11.9 Å². The Hall–Kier alpha value is -1.75. The first kappa shape index (κ1) is 14.2. The average molecular weight is 352 g/mol. The predicted molar refractivity (Wildman–Crippen MR) is 83.7 cm³/mol. The third kappa shape index (κ3) is 3.29. The van der Waals surface area contributed by atoms with Crippen molar-refractivity contribution < 1.29 is 13.9 Å². The fraction of sp³-hybridized carbons (Fsp3) is 0.250. The summed E-state index contributed by atoms with van der Waals surface area (Å²) < 4.78 is 25.2. The van der Waals surface area contributed by atoms with Gasteiger partial charge in [-0.1, -0.05) is 15.9 Å². The second-order valence-corrected chi connectivity index (χ2v) is 5.87. The Labute approximate surface area is 131 Å². The molecule has 1 aliphatic rings. The van der Waals surface area contributed by atoms with Crippen molar-refractivity contribution >= 4 is 21.6 Å². The average Bonchev–Trinajstić information content (AvgIpc) is 2.86. The molecule has 0 saturated carbocycles. The van der Waals surface area contributed by atoms with Crippen LogP contribution < -0.4 is 14.8 Å². The molecule has 0 radical (unpaired) electrons. The first-order valence-electron chi connectivity index (χ1n) is 6.67. The highest BCUT2D eigenvalue weighted by Gasteiger charge is 2.23. The Balaban J connectivity index is 1.63. The molecule has 1 heterocycles. The molecule has 2 aromatic carbocycles. The third-order valence-corrected chi connectivity index (χ3v) is 3.86. The highest BCUT2D eigenvalue weighted by Crippen LogP contribution is 2.30. The number of nitrogens with one attached hydrogen (secondary N) is 1. The molecular formula is C16H15BrFNO2. The molecule has 1 N–H and O–H groups in total. The van der Waals surface area contributed by atoms with E-state index in [0.717, 1.165) is 27.2 Å². The Morgan fingerprint density at radius 1 is 1.33 bits per heavy atom. The second-order valence-electron chi connectivity index (χ2n) is 4.96. The van der Waals surface area contributed by atoms with Crippen molar-refractivity contribution in [2.45, 2.75) is 12.5 Å². The van der Waals surface area contributed by atoms with Crippen molar-refractivity contribution in [3.05, 3.63) is 52.3 Å². The summed E-state index contributed by atoms with van der Waals surface area (Å²) in [7, 11) is 1.64. The predicted octanol–water partition coefficient (Wildman–Crippen LogP) is 4.01. The molecule has 0 saturated heterocycles. The molecule has 3 rings (SSSR count). The van der Waals surface area contributed by atoms with Crippen molar-refractivity contribution in [3.63, 3.8) is 0 Å². The second kappa shape index (κ2) is 5.93. The van der Waals surface area contributed by atoms with Gasteiger partial charge in [0.05, 0.1) is 13.7 Å². The third-order valence-electron chi connectivity index (χ3n) is 3.40. The van der Waals surface area contributed by atoms with Crippen molar-refractivity contribution in [3.8, 4) is 11.5 Å². The van der Waals surface area contributed by atoms with Crippen LogP contribution in [-0.2, 0) is 6.42 Å². The van der Waals surface area contributed by atoms with Crippen LogP contribution in [0, 0.1) is 5.82 Å². The topological polar surface area (TPSA) is 30.5 Å². The number of anilines is 1. The summed E-state index contributed by atoms with van der Waals surface area (Å²) >= 11 is 3.45. The Morgan fingerprint density at radius 2 is 2.19 bits per heavy atom. The van der Waals surface area contributed by atoms with Crippen LogP contribution in [-0.4, -0.2) is 19.8 Å². The zero-order valence-corrected chi connectivity index (χ0v) is 13.1. The SMILES string of the molecule is COc1cc(Br)cc(NCC2Cc3cc(F)ccc3O2)c1. The van der Waals surface area contributed by atoms with Gasteiger partial charge in [-0.2, -0.15) is 0 Å². The van der Waals surface area contributed by atoms with Gasteiger partial charge < -0.3 is 14.8 Å². The van der Waals surface area contributed by atoms with Crippen molar-refractivity contribution in [2.75, 3.05) is 19.0 Å². The first-order valence-corrected chi connectivity index (χ1v) is 7.47. The van der Waals surface area contributed by atoms with Gasteiger partial charge in [-0.25, -0.2) is 4.39 Å². The smallest absolute Gasteiger partial charge is 0.123 e. The van der Waals surface area contributed by atoms with Gasteiger partial charge >= 0.3 is 0 Å². The zero-order chi connectivity index (χ0) is 14.8. The molecule has 3 nitrogen and oxygen atoms in total. The lowest BCUT2D eigenvalue weighted by Crippen LogP contribution is -2.23. The van der Waals surface area contributed by atoms with Gasteiger partial charge in [0.1, 0.15) is 23.4 Å².